The van der Waals surface area contributed by atoms with Gasteiger partial charge in [-0.2, -0.15) is 0 Å². The Kier molecular flexibility index (Phi) is 7.90. The van der Waals surface area contributed by atoms with Crippen LogP contribution in [0.15, 0.2) is 22.0 Å². The van der Waals surface area contributed by atoms with Crippen molar-refractivity contribution in [3.63, 3.8) is 0 Å². The van der Waals surface area contributed by atoms with E-state index >= 15 is 0 Å². The fourth-order valence-electron chi connectivity index (χ4n) is 4.52. The van der Waals surface area contributed by atoms with Crippen molar-refractivity contribution in [3.8, 4) is 0 Å². The van der Waals surface area contributed by atoms with Gasteiger partial charge in [0.15, 0.2) is 11.6 Å². The van der Waals surface area contributed by atoms with Crippen LogP contribution in [0.5, 0.6) is 0 Å². The van der Waals surface area contributed by atoms with Crippen molar-refractivity contribution in [2.75, 3.05) is 6.61 Å². The van der Waals surface area contributed by atoms with Crippen LogP contribution in [0.4, 0.5) is 0 Å². The standard InChI is InChI=1S/C23H36N5O9P/c1-6-22(5,37-38(33,34)23(7-2)12-35-23)9-16-17(29)18(30)20(36-16)27-10-14(19(31)24-21(27)32)8-15-11-28(13(3)4)26-25-15/h10-11,13,16-18,20,29-30H,6-9,12H2,1-5H3,(H,33,34)(H,24,31,32). The summed E-state index contributed by atoms with van der Waals surface area (Å²) in [5.74, 6) is 0. The van der Waals surface area contributed by atoms with E-state index in [-0.39, 0.29) is 31.1 Å². The Morgan fingerprint density at radius 1 is 1.29 bits per heavy atom. The smallest absolute Gasteiger partial charge is 0.362 e. The predicted octanol–water partition coefficient (Wildman–Crippen LogP) is 0.816. The normalized spacial score (nSPS) is 30.3. The van der Waals surface area contributed by atoms with Crippen LogP contribution >= 0.6 is 7.60 Å². The molecule has 2 aromatic heterocycles. The summed E-state index contributed by atoms with van der Waals surface area (Å²) in [5, 5.41) is 28.4. The highest BCUT2D eigenvalue weighted by Crippen LogP contribution is 2.66. The van der Waals surface area contributed by atoms with Crippen LogP contribution in [0, 0.1) is 0 Å². The van der Waals surface area contributed by atoms with E-state index in [9.17, 15) is 29.3 Å². The van der Waals surface area contributed by atoms with E-state index in [2.05, 4.69) is 15.3 Å². The SMILES string of the molecule is CCC(C)(CC1OC(n2cc(Cc3cn(C(C)C)nn3)c(=O)[nH]c2=O)C(O)C1O)OP(=O)(O)C1(CC)CO1. The van der Waals surface area contributed by atoms with E-state index in [1.165, 1.54) is 6.20 Å². The first-order valence-electron chi connectivity index (χ1n) is 12.7. The zero-order chi connectivity index (χ0) is 28.0. The molecule has 2 fully saturated rings. The summed E-state index contributed by atoms with van der Waals surface area (Å²) < 4.78 is 32.5. The van der Waals surface area contributed by atoms with Crippen molar-refractivity contribution < 1.29 is 33.7 Å². The lowest BCUT2D eigenvalue weighted by atomic mass is 9.93. The minimum atomic E-state index is -4.18. The summed E-state index contributed by atoms with van der Waals surface area (Å²) >= 11 is 0. The number of aliphatic hydroxyl groups is 2. The molecule has 4 rings (SSSR count). The molecule has 0 aromatic carbocycles. The van der Waals surface area contributed by atoms with Gasteiger partial charge in [-0.1, -0.05) is 19.1 Å². The van der Waals surface area contributed by atoms with Gasteiger partial charge in [-0.3, -0.25) is 18.9 Å². The van der Waals surface area contributed by atoms with Gasteiger partial charge in [0.05, 0.1) is 24.0 Å². The topological polar surface area (TPSA) is 194 Å². The van der Waals surface area contributed by atoms with Crippen LogP contribution in [0.3, 0.4) is 0 Å². The Bertz CT molecular complexity index is 1320. The summed E-state index contributed by atoms with van der Waals surface area (Å²) in [4.78, 5) is 38.0. The van der Waals surface area contributed by atoms with Crippen molar-refractivity contribution >= 4 is 7.60 Å². The molecule has 0 saturated carbocycles. The summed E-state index contributed by atoms with van der Waals surface area (Å²) in [6, 6.07) is 0.0748. The highest BCUT2D eigenvalue weighted by atomic mass is 31.2. The van der Waals surface area contributed by atoms with Crippen molar-refractivity contribution in [3.05, 3.63) is 44.5 Å². The first-order valence-corrected chi connectivity index (χ1v) is 14.3. The molecule has 0 bridgehead atoms. The largest absolute Gasteiger partial charge is 0.388 e. The van der Waals surface area contributed by atoms with Crippen LogP contribution in [0.1, 0.15) is 77.4 Å². The third kappa shape index (κ3) is 5.44. The second-order valence-corrected chi connectivity index (χ2v) is 12.6. The molecule has 4 N–H and O–H groups in total. The lowest BCUT2D eigenvalue weighted by Crippen LogP contribution is -2.40. The van der Waals surface area contributed by atoms with Gasteiger partial charge < -0.3 is 29.1 Å². The van der Waals surface area contributed by atoms with Gasteiger partial charge in [-0.25, -0.2) is 9.48 Å². The molecule has 0 radical (unpaired) electrons. The van der Waals surface area contributed by atoms with Crippen molar-refractivity contribution in [1.82, 2.24) is 24.5 Å². The molecule has 2 aliphatic heterocycles. The molecule has 212 valence electrons. The van der Waals surface area contributed by atoms with E-state index in [1.54, 1.807) is 31.6 Å². The van der Waals surface area contributed by atoms with Gasteiger partial charge in [0.1, 0.15) is 12.2 Å². The Labute approximate surface area is 219 Å². The van der Waals surface area contributed by atoms with E-state index in [0.717, 1.165) is 4.57 Å². The maximum Gasteiger partial charge on any atom is 0.362 e. The average molecular weight is 558 g/mol. The maximum absolute atomic E-state index is 13.0. The Hall–Kier alpha value is -2.19. The predicted molar refractivity (Wildman–Crippen MR) is 134 cm³/mol. The van der Waals surface area contributed by atoms with E-state index in [4.69, 9.17) is 14.0 Å². The van der Waals surface area contributed by atoms with Gasteiger partial charge in [-0.15, -0.1) is 5.10 Å². The van der Waals surface area contributed by atoms with Gasteiger partial charge in [0.25, 0.3) is 5.56 Å². The molecule has 0 aliphatic carbocycles. The summed E-state index contributed by atoms with van der Waals surface area (Å²) in [7, 11) is -4.18. The third-order valence-electron chi connectivity index (χ3n) is 7.38. The quantitative estimate of drug-likeness (QED) is 0.226. The molecule has 7 unspecified atom stereocenters. The molecule has 14 nitrogen and oxygen atoms in total. The van der Waals surface area contributed by atoms with E-state index < -0.39 is 54.3 Å². The van der Waals surface area contributed by atoms with Crippen molar-refractivity contribution in [1.29, 1.82) is 0 Å². The molecule has 38 heavy (non-hydrogen) atoms. The van der Waals surface area contributed by atoms with Gasteiger partial charge in [0.2, 0.25) is 0 Å². The second kappa shape index (κ2) is 10.4. The van der Waals surface area contributed by atoms with Crippen molar-refractivity contribution in [2.45, 2.75) is 102 Å². The lowest BCUT2D eigenvalue weighted by Gasteiger charge is -2.34. The molecule has 2 aromatic rings. The summed E-state index contributed by atoms with van der Waals surface area (Å²) in [6.07, 6.45) is -1.72. The van der Waals surface area contributed by atoms with E-state index in [1.807, 2.05) is 13.8 Å². The fourth-order valence-corrected chi connectivity index (χ4v) is 6.27. The van der Waals surface area contributed by atoms with Gasteiger partial charge in [-0.05, 0) is 33.6 Å². The highest BCUT2D eigenvalue weighted by molar-refractivity contribution is 7.54. The van der Waals surface area contributed by atoms with Gasteiger partial charge in [0, 0.05) is 36.8 Å². The van der Waals surface area contributed by atoms with Crippen LogP contribution in [0.2, 0.25) is 0 Å². The monoisotopic (exact) mass is 557 g/mol. The first kappa shape index (κ1) is 28.8. The van der Waals surface area contributed by atoms with Crippen LogP contribution in [-0.4, -0.2) is 75.5 Å². The number of nitrogens with zero attached hydrogens (tertiary/aromatic N) is 4. The number of hydrogen-bond donors (Lipinski definition) is 4. The number of aromatic amines is 1. The Balaban J connectivity index is 1.54. The number of ether oxygens (including phenoxy) is 2. The minimum Gasteiger partial charge on any atom is -0.388 e. The zero-order valence-electron chi connectivity index (χ0n) is 22.1. The molecular weight excluding hydrogens is 521 g/mol. The fraction of sp³-hybridized carbons (Fsp3) is 0.739. The summed E-state index contributed by atoms with van der Waals surface area (Å²) in [6.45, 7) is 9.09. The molecule has 7 atom stereocenters. The number of nitrogens with one attached hydrogen (secondary N) is 1. The van der Waals surface area contributed by atoms with Gasteiger partial charge >= 0.3 is 13.3 Å². The number of aliphatic hydroxyl groups excluding tert-OH is 2. The van der Waals surface area contributed by atoms with E-state index in [0.29, 0.717) is 18.5 Å². The number of aromatic nitrogens is 5. The molecule has 2 aliphatic rings. The first-order chi connectivity index (χ1) is 17.7. The third-order valence-corrected chi connectivity index (χ3v) is 9.67. The molecule has 0 amide bonds. The number of epoxide rings is 1. The summed E-state index contributed by atoms with van der Waals surface area (Å²) in [5.41, 5.74) is -1.96. The Morgan fingerprint density at radius 3 is 2.53 bits per heavy atom. The van der Waals surface area contributed by atoms with Crippen LogP contribution < -0.4 is 11.2 Å². The minimum absolute atomic E-state index is 0.0498. The molecule has 2 saturated heterocycles. The lowest BCUT2D eigenvalue weighted by molar-refractivity contribution is -0.0689. The molecule has 4 heterocycles. The number of hydrogen-bond acceptors (Lipinski definition) is 10. The molecule has 0 spiro atoms. The number of H-pyrrole nitrogens is 1. The average Bonchev–Trinajstić information content (AvgIpc) is 3.46. The van der Waals surface area contributed by atoms with Crippen LogP contribution in [0.25, 0.3) is 0 Å². The highest BCUT2D eigenvalue weighted by Gasteiger charge is 2.61. The number of rotatable bonds is 11. The zero-order valence-corrected chi connectivity index (χ0v) is 23.0. The second-order valence-electron chi connectivity index (χ2n) is 10.5. The van der Waals surface area contributed by atoms with Crippen molar-refractivity contribution in [2.24, 2.45) is 0 Å². The Morgan fingerprint density at radius 2 is 1.97 bits per heavy atom. The molecular formula is C23H36N5O9P. The molecule has 15 heteroatoms. The maximum atomic E-state index is 13.0. The van der Waals surface area contributed by atoms with Crippen LogP contribution in [-0.2, 0) is 25.0 Å².